The van der Waals surface area contributed by atoms with E-state index in [9.17, 15) is 29.4 Å². The first kappa shape index (κ1) is 87.6. The molecule has 0 spiro atoms. The van der Waals surface area contributed by atoms with Crippen LogP contribution in [-0.2, 0) is 125 Å². The summed E-state index contributed by atoms with van der Waals surface area (Å²) >= 11 is 0. The minimum Gasteiger partial charge on any atom is -0.550 e. The summed E-state index contributed by atoms with van der Waals surface area (Å²) in [4.78, 5) is 44.1. The number of hydrogen-bond donors (Lipinski definition) is 2. The Bertz CT molecular complexity index is 5270. The fourth-order valence-corrected chi connectivity index (χ4v) is 14.9. The number of fused-ring (bicyclic) bond motifs is 6. The lowest BCUT2D eigenvalue weighted by Gasteiger charge is -2.36. The number of carbonyl (C=O) groups is 4. The number of nitrogens with one attached hydrogen (secondary N) is 1. The van der Waals surface area contributed by atoms with Crippen LogP contribution in [0.4, 0.5) is 0 Å². The van der Waals surface area contributed by atoms with Crippen molar-refractivity contribution < 1.29 is 91.1 Å². The molecule has 0 amide bonds. The maximum Gasteiger partial charge on any atom is 0.314 e. The molecule has 0 atom stereocenters. The van der Waals surface area contributed by atoms with E-state index in [2.05, 4.69) is 171 Å². The summed E-state index contributed by atoms with van der Waals surface area (Å²) < 4.78 is 70.2. The molecule has 12 aromatic carbocycles. The van der Waals surface area contributed by atoms with Gasteiger partial charge in [0.1, 0.15) is 65.5 Å². The molecule has 1 fully saturated rings. The molecule has 0 aliphatic carbocycles. The van der Waals surface area contributed by atoms with E-state index in [-0.39, 0.29) is 38.9 Å². The van der Waals surface area contributed by atoms with Crippen molar-refractivity contribution in [3.8, 4) is 56.8 Å². The molecule has 3 aliphatic heterocycles. The molecule has 0 radical (unpaired) electrons. The second-order valence-electron chi connectivity index (χ2n) is 29.3. The van der Waals surface area contributed by atoms with E-state index in [1.54, 1.807) is 33.3 Å². The molecular formula is C102H103NO18. The van der Waals surface area contributed by atoms with Gasteiger partial charge in [-0.2, -0.15) is 0 Å². The molecule has 12 aromatic rings. The second kappa shape index (κ2) is 43.3. The Hall–Kier alpha value is -12.7. The average molecular weight is 1630 g/mol. The van der Waals surface area contributed by atoms with Gasteiger partial charge < -0.3 is 76.7 Å². The number of aliphatic carboxylic acids is 1. The van der Waals surface area contributed by atoms with Crippen LogP contribution < -0.4 is 38.4 Å². The first-order valence-electron chi connectivity index (χ1n) is 40.6. The maximum atomic E-state index is 11.8. The largest absolute Gasteiger partial charge is 0.550 e. The number of methoxy groups -OCH3 is 4. The molecule has 19 nitrogen and oxygen atoms in total. The number of aliphatic hydroxyl groups excluding tert-OH is 1. The number of carbonyl (C=O) groups excluding carboxylic acids is 4. The predicted octanol–water partition coefficient (Wildman–Crippen LogP) is 16.8. The van der Waals surface area contributed by atoms with Gasteiger partial charge in [-0.05, 0) is 200 Å². The van der Waals surface area contributed by atoms with Crippen LogP contribution in [0.3, 0.4) is 0 Å². The van der Waals surface area contributed by atoms with Gasteiger partial charge in [-0.1, -0.05) is 206 Å². The molecule has 624 valence electrons. The van der Waals surface area contributed by atoms with Crippen LogP contribution in [0.1, 0.15) is 135 Å². The zero-order valence-corrected chi connectivity index (χ0v) is 69.5. The van der Waals surface area contributed by atoms with Crippen molar-refractivity contribution in [1.82, 2.24) is 0 Å². The highest BCUT2D eigenvalue weighted by molar-refractivity contribution is 5.92. The van der Waals surface area contributed by atoms with Crippen molar-refractivity contribution in [2.24, 2.45) is 0 Å². The Balaban J connectivity index is 0.000000192. The van der Waals surface area contributed by atoms with Gasteiger partial charge in [-0.25, -0.2) is 0 Å². The van der Waals surface area contributed by atoms with E-state index in [0.29, 0.717) is 52.9 Å². The molecule has 0 unspecified atom stereocenters. The van der Waals surface area contributed by atoms with E-state index in [1.807, 2.05) is 133 Å². The molecule has 19 heteroatoms. The third kappa shape index (κ3) is 22.8. The fourth-order valence-electron chi connectivity index (χ4n) is 14.9. The van der Waals surface area contributed by atoms with Crippen molar-refractivity contribution in [1.29, 1.82) is 0 Å². The molecule has 1 saturated heterocycles. The number of cyclic esters (lactones) is 2. The molecule has 3 heterocycles. The molecule has 0 saturated carbocycles. The van der Waals surface area contributed by atoms with Crippen LogP contribution in [0.25, 0.3) is 22.3 Å². The fraction of sp³-hybridized carbons (Fsp3) is 0.255. The van der Waals surface area contributed by atoms with Crippen LogP contribution >= 0.6 is 0 Å². The smallest absolute Gasteiger partial charge is 0.314 e. The highest BCUT2D eigenvalue weighted by Gasteiger charge is 2.40. The normalized spacial score (nSPS) is 12.3. The van der Waals surface area contributed by atoms with Gasteiger partial charge in [-0.15, -0.1) is 0 Å². The number of quaternary nitrogens is 1. The van der Waals surface area contributed by atoms with Gasteiger partial charge in [0.2, 0.25) is 0 Å². The summed E-state index contributed by atoms with van der Waals surface area (Å²) in [5, 5.41) is 20.0. The number of carboxylic acid groups (broad SMARTS) is 1. The molecule has 0 aromatic heterocycles. The van der Waals surface area contributed by atoms with Crippen LogP contribution in [0, 0.1) is 0 Å². The second-order valence-corrected chi connectivity index (χ2v) is 29.3. The summed E-state index contributed by atoms with van der Waals surface area (Å²) in [5.41, 5.74) is 18.3. The number of hydrogen-bond acceptors (Lipinski definition) is 18. The standard InChI is InChI=1S/C48H44O9.C44H40O6.C6H15N.C4H4O3/c1-52-41-17-13-39(14-18-41)48(38-9-4-3-5-10-38,40-15-19-42(53-2)20-16-40)57-31-36-12-22-44-43-21-11-35(26-37(43)32-55-45(44)27-36)29-54-28-33-7-6-8-34(25-33)30-56-47(51)24-23-46(49)50;1-46-39-17-13-37(14-18-39)44(36-9-4-3-5-10-36,38-15-19-40(47-2)20-16-38)50-29-34-12-22-42-41-21-11-33(24-35(41)30-49-43(42)25-34)28-48-27-32-8-6-7-31(23-32)26-45;1-4-7(5-2)6-3;5-3-1-2-4(6)7-3/h3-22,25-27H,23-24,28-32H2,1-2H3,(H,49,50);3-25,45H,26-30H2,1-2H3;4-6H2,1-3H3;1-2H2. The third-order valence-electron chi connectivity index (χ3n) is 21.5. The van der Waals surface area contributed by atoms with Crippen molar-refractivity contribution in [3.05, 3.63) is 368 Å². The first-order chi connectivity index (χ1) is 59.1. The topological polar surface area (TPSA) is 227 Å². The van der Waals surface area contributed by atoms with Gasteiger partial charge in [0.15, 0.2) is 0 Å². The number of benzene rings is 12. The number of carboxylic acids is 1. The highest BCUT2D eigenvalue weighted by Crippen LogP contribution is 2.47. The molecular weight excluding hydrogens is 1530 g/mol. The van der Waals surface area contributed by atoms with Gasteiger partial charge in [0.05, 0.1) is 114 Å². The summed E-state index contributed by atoms with van der Waals surface area (Å²) in [6.45, 7) is 13.9. The van der Waals surface area contributed by atoms with Crippen LogP contribution in [0.5, 0.6) is 34.5 Å². The SMILES string of the molecule is CC[NH+](CC)CC.COc1ccc(C(OCc2ccc3c(c2)OCc2cc(COCc4cccc(CO)c4)ccc2-3)(c2ccccc2)c2ccc(OC)cc2)cc1.COc1ccc(C(OCc2ccc3c(c2)OCc2cc(COCc4cccc(COC(=O)CCC(=O)[O-])c4)ccc2-3)(c2ccccc2)c2ccc(OC)cc2)cc1.O=C1CCC(=O)O1. The minimum atomic E-state index is -1.28. The van der Waals surface area contributed by atoms with Crippen LogP contribution in [-0.4, -0.2) is 77.1 Å². The van der Waals surface area contributed by atoms with Gasteiger partial charge in [0.25, 0.3) is 0 Å². The summed E-state index contributed by atoms with van der Waals surface area (Å²) in [6.07, 6.45) is -0.0517. The van der Waals surface area contributed by atoms with Crippen LogP contribution in [0.15, 0.2) is 279 Å². The summed E-state index contributed by atoms with van der Waals surface area (Å²) in [6, 6.07) is 93.5. The van der Waals surface area contributed by atoms with E-state index in [4.69, 9.17) is 52.1 Å². The quantitative estimate of drug-likeness (QED) is 0.0221. The lowest BCUT2D eigenvalue weighted by atomic mass is 9.80. The Labute approximate surface area is 707 Å². The van der Waals surface area contributed by atoms with Crippen molar-refractivity contribution in [2.75, 3.05) is 48.1 Å². The van der Waals surface area contributed by atoms with Crippen molar-refractivity contribution in [3.63, 3.8) is 0 Å². The van der Waals surface area contributed by atoms with Crippen molar-refractivity contribution in [2.45, 2.75) is 124 Å². The first-order valence-corrected chi connectivity index (χ1v) is 40.6. The van der Waals surface area contributed by atoms with Gasteiger partial charge in [0, 0.05) is 17.1 Å². The molecule has 15 rings (SSSR count). The minimum absolute atomic E-state index is 0.0243. The van der Waals surface area contributed by atoms with Crippen molar-refractivity contribution >= 4 is 23.9 Å². The Morgan fingerprint density at radius 3 is 1.03 bits per heavy atom. The lowest BCUT2D eigenvalue weighted by Crippen LogP contribution is -3.11. The summed E-state index contributed by atoms with van der Waals surface area (Å²) in [5.74, 6) is 2.07. The molecule has 2 N–H and O–H groups in total. The lowest BCUT2D eigenvalue weighted by molar-refractivity contribution is -0.894. The number of aliphatic hydroxyl groups is 1. The Morgan fingerprint density at radius 1 is 0.372 bits per heavy atom. The van der Waals surface area contributed by atoms with E-state index < -0.39 is 35.1 Å². The zero-order valence-electron chi connectivity index (χ0n) is 69.5. The average Bonchev–Trinajstić information content (AvgIpc) is 0.808. The van der Waals surface area contributed by atoms with E-state index >= 15 is 0 Å². The molecule has 121 heavy (non-hydrogen) atoms. The maximum absolute atomic E-state index is 11.8. The molecule has 0 bridgehead atoms. The Kier molecular flexibility index (Phi) is 31.3. The Morgan fingerprint density at radius 2 is 0.702 bits per heavy atom. The van der Waals surface area contributed by atoms with Crippen LogP contribution in [0.2, 0.25) is 0 Å². The number of esters is 3. The predicted molar refractivity (Wildman–Crippen MR) is 459 cm³/mol. The highest BCUT2D eigenvalue weighted by atomic mass is 16.6. The van der Waals surface area contributed by atoms with Gasteiger partial charge >= 0.3 is 17.9 Å². The van der Waals surface area contributed by atoms with E-state index in [0.717, 1.165) is 146 Å². The number of rotatable bonds is 33. The number of ether oxygens (including phenoxy) is 12. The zero-order chi connectivity index (χ0) is 84.9. The van der Waals surface area contributed by atoms with E-state index in [1.165, 1.54) is 19.6 Å². The summed E-state index contributed by atoms with van der Waals surface area (Å²) in [7, 11) is 6.67. The van der Waals surface area contributed by atoms with Gasteiger partial charge in [-0.3, -0.25) is 14.4 Å². The third-order valence-corrected chi connectivity index (χ3v) is 21.5. The monoisotopic (exact) mass is 1630 g/mol. The molecule has 3 aliphatic rings.